The van der Waals surface area contributed by atoms with Crippen molar-refractivity contribution in [2.45, 2.75) is 57.9 Å². The third kappa shape index (κ3) is 11.6. The maximum absolute atomic E-state index is 11.8. The molecule has 137 valence electrons. The second-order valence-corrected chi connectivity index (χ2v) is 5.86. The van der Waals surface area contributed by atoms with E-state index in [0.717, 1.165) is 25.7 Å². The maximum Gasteiger partial charge on any atom is 0.236 e. The maximum atomic E-state index is 11.8. The van der Waals surface area contributed by atoms with Gasteiger partial charge in [-0.25, -0.2) is 0 Å². The lowest BCUT2D eigenvalue weighted by Gasteiger charge is -2.12. The zero-order valence-electron chi connectivity index (χ0n) is 14.4. The van der Waals surface area contributed by atoms with Crippen LogP contribution < -0.4 is 22.1 Å². The van der Waals surface area contributed by atoms with Gasteiger partial charge in [0.1, 0.15) is 5.78 Å². The fraction of sp³-hybridized carbons (Fsp3) is 0.750. The number of rotatable bonds is 14. The average molecular weight is 340 g/mol. The van der Waals surface area contributed by atoms with Gasteiger partial charge in [-0.3, -0.25) is 19.8 Å². The van der Waals surface area contributed by atoms with Gasteiger partial charge in [0.05, 0.1) is 12.0 Å². The molecule has 8 nitrogen and oxygen atoms in total. The largest absolute Gasteiger partial charge is 0.370 e. The van der Waals surface area contributed by atoms with Gasteiger partial charge in [-0.05, 0) is 32.6 Å². The zero-order chi connectivity index (χ0) is 18.4. The first-order valence-corrected chi connectivity index (χ1v) is 8.37. The Bertz CT molecular complexity index is 415. The number of ketones is 1. The molecule has 0 saturated heterocycles. The Kier molecular flexibility index (Phi) is 12.4. The first-order chi connectivity index (χ1) is 11.4. The van der Waals surface area contributed by atoms with E-state index in [9.17, 15) is 14.4 Å². The van der Waals surface area contributed by atoms with E-state index in [4.69, 9.17) is 16.9 Å². The van der Waals surface area contributed by atoms with Gasteiger partial charge >= 0.3 is 0 Å². The predicted molar refractivity (Wildman–Crippen MR) is 93.1 cm³/mol. The molecule has 1 radical (unpaired) electrons. The van der Waals surface area contributed by atoms with E-state index in [1.165, 1.54) is 6.92 Å². The Morgan fingerprint density at radius 3 is 2.25 bits per heavy atom. The van der Waals surface area contributed by atoms with Crippen LogP contribution in [0.1, 0.15) is 51.9 Å². The molecule has 0 aromatic heterocycles. The third-order valence-electron chi connectivity index (χ3n) is 3.70. The quantitative estimate of drug-likeness (QED) is 0.129. The highest BCUT2D eigenvalue weighted by Crippen LogP contribution is 2.10. The summed E-state index contributed by atoms with van der Waals surface area (Å²) >= 11 is 0. The number of hydrogen-bond acceptors (Lipinski definition) is 5. The Labute approximate surface area is 143 Å². The van der Waals surface area contributed by atoms with Crippen molar-refractivity contribution in [3.63, 3.8) is 0 Å². The van der Waals surface area contributed by atoms with E-state index in [2.05, 4.69) is 10.6 Å². The molecule has 0 aliphatic rings. The standard InChI is InChI=1S/C16H30N5O3/c1-12(23)13(11-22)7-4-2-3-5-9-20-15(24)14(17)8-6-10-21-16(18)19/h13-14H,2-10,17H2,1H3,(H,20,24)(H4,18,19,21)/t13?,14-/m0/s1. The fourth-order valence-corrected chi connectivity index (χ4v) is 2.19. The second kappa shape index (κ2) is 13.5. The highest BCUT2D eigenvalue weighted by atomic mass is 16.2. The van der Waals surface area contributed by atoms with Crippen LogP contribution in [0.5, 0.6) is 0 Å². The monoisotopic (exact) mass is 340 g/mol. The molecule has 1 unspecified atom stereocenters. The number of amides is 1. The Hall–Kier alpha value is -1.96. The van der Waals surface area contributed by atoms with Crippen LogP contribution in [-0.2, 0) is 14.4 Å². The molecule has 7 N–H and O–H groups in total. The van der Waals surface area contributed by atoms with Crippen LogP contribution in [0.25, 0.3) is 0 Å². The Balaban J connectivity index is 3.59. The molecule has 24 heavy (non-hydrogen) atoms. The molecule has 0 saturated carbocycles. The number of carbonyl (C=O) groups is 2. The minimum Gasteiger partial charge on any atom is -0.370 e. The molecular weight excluding hydrogens is 310 g/mol. The van der Waals surface area contributed by atoms with E-state index >= 15 is 0 Å². The van der Waals surface area contributed by atoms with Crippen LogP contribution in [0.4, 0.5) is 0 Å². The summed E-state index contributed by atoms with van der Waals surface area (Å²) in [4.78, 5) is 33.4. The smallest absolute Gasteiger partial charge is 0.236 e. The lowest BCUT2D eigenvalue weighted by atomic mass is 9.99. The van der Waals surface area contributed by atoms with Crippen molar-refractivity contribution < 1.29 is 14.4 Å². The molecule has 8 heteroatoms. The number of nitrogens with two attached hydrogens (primary N) is 2. The molecule has 0 aliphatic heterocycles. The number of unbranched alkanes of at least 4 members (excludes halogenated alkanes) is 3. The van der Waals surface area contributed by atoms with E-state index < -0.39 is 12.0 Å². The van der Waals surface area contributed by atoms with Gasteiger partial charge in [-0.15, -0.1) is 0 Å². The summed E-state index contributed by atoms with van der Waals surface area (Å²) in [6.07, 6.45) is 6.96. The summed E-state index contributed by atoms with van der Waals surface area (Å²) in [6.45, 7) is 2.49. The van der Waals surface area contributed by atoms with Gasteiger partial charge in [0.25, 0.3) is 0 Å². The summed E-state index contributed by atoms with van der Waals surface area (Å²) in [6, 6.07) is -0.557. The summed E-state index contributed by atoms with van der Waals surface area (Å²) in [5.74, 6) is -0.997. The summed E-state index contributed by atoms with van der Waals surface area (Å²) in [5.41, 5.74) is 10.9. The molecule has 0 fully saturated rings. The Morgan fingerprint density at radius 2 is 1.67 bits per heavy atom. The van der Waals surface area contributed by atoms with E-state index in [0.29, 0.717) is 32.4 Å². The highest BCUT2D eigenvalue weighted by Gasteiger charge is 2.13. The molecule has 0 spiro atoms. The van der Waals surface area contributed by atoms with Crippen LogP contribution in [-0.4, -0.2) is 43.1 Å². The number of carbonyl (C=O) groups excluding carboxylic acids is 3. The van der Waals surface area contributed by atoms with Crippen LogP contribution in [0.2, 0.25) is 0 Å². The third-order valence-corrected chi connectivity index (χ3v) is 3.70. The molecular formula is C16H30N5O3. The van der Waals surface area contributed by atoms with Crippen LogP contribution >= 0.6 is 0 Å². The first kappa shape index (κ1) is 22.0. The van der Waals surface area contributed by atoms with Crippen molar-refractivity contribution in [3.05, 3.63) is 0 Å². The van der Waals surface area contributed by atoms with Gasteiger partial charge in [-0.2, -0.15) is 0 Å². The van der Waals surface area contributed by atoms with Gasteiger partial charge < -0.3 is 22.1 Å². The molecule has 0 bridgehead atoms. The van der Waals surface area contributed by atoms with Crippen molar-refractivity contribution in [1.29, 1.82) is 5.41 Å². The normalized spacial score (nSPS) is 12.9. The number of Topliss-reactive ketones (excluding diaryl/α,β-unsaturated/α-hetero) is 1. The number of hydrogen-bond donors (Lipinski definition) is 5. The Morgan fingerprint density at radius 1 is 1.04 bits per heavy atom. The predicted octanol–water partition coefficient (Wildman–Crippen LogP) is -0.0414. The van der Waals surface area contributed by atoms with Crippen LogP contribution in [0.3, 0.4) is 0 Å². The lowest BCUT2D eigenvalue weighted by Crippen LogP contribution is -2.41. The lowest BCUT2D eigenvalue weighted by molar-refractivity contribution is -0.122. The zero-order valence-corrected chi connectivity index (χ0v) is 14.4. The van der Waals surface area contributed by atoms with Crippen LogP contribution in [0.15, 0.2) is 0 Å². The van der Waals surface area contributed by atoms with Gasteiger partial charge in [0, 0.05) is 13.1 Å². The fourth-order valence-electron chi connectivity index (χ4n) is 2.19. The number of nitrogens with one attached hydrogen (secondary N) is 3. The number of guanidine groups is 1. The molecule has 0 aromatic carbocycles. The molecule has 2 atom stereocenters. The van der Waals surface area contributed by atoms with Crippen molar-refractivity contribution in [2.75, 3.05) is 13.1 Å². The SMILES string of the molecule is CC(=O)C([C]=O)CCCCCCNC(=O)[C@@H](N)CCCNC(=N)N. The van der Waals surface area contributed by atoms with Crippen molar-refractivity contribution in [2.24, 2.45) is 17.4 Å². The average Bonchev–Trinajstić information content (AvgIpc) is 2.53. The molecule has 0 rings (SSSR count). The summed E-state index contributed by atoms with van der Waals surface area (Å²) < 4.78 is 0. The van der Waals surface area contributed by atoms with Crippen molar-refractivity contribution in [1.82, 2.24) is 10.6 Å². The summed E-state index contributed by atoms with van der Waals surface area (Å²) in [5, 5.41) is 12.5. The van der Waals surface area contributed by atoms with E-state index in [1.807, 2.05) is 0 Å². The van der Waals surface area contributed by atoms with Crippen LogP contribution in [0, 0.1) is 11.3 Å². The van der Waals surface area contributed by atoms with Crippen molar-refractivity contribution >= 4 is 23.9 Å². The van der Waals surface area contributed by atoms with Crippen molar-refractivity contribution in [3.8, 4) is 0 Å². The minimum absolute atomic E-state index is 0.0892. The van der Waals surface area contributed by atoms with Gasteiger partial charge in [-0.1, -0.05) is 19.3 Å². The van der Waals surface area contributed by atoms with Gasteiger partial charge in [0.2, 0.25) is 12.2 Å². The molecule has 1 amide bonds. The molecule has 0 heterocycles. The van der Waals surface area contributed by atoms with E-state index in [1.54, 1.807) is 6.29 Å². The highest BCUT2D eigenvalue weighted by molar-refractivity contribution is 5.91. The summed E-state index contributed by atoms with van der Waals surface area (Å²) in [7, 11) is 0. The topological polar surface area (TPSA) is 151 Å². The minimum atomic E-state index is -0.597. The second-order valence-electron chi connectivity index (χ2n) is 5.86. The molecule has 0 aliphatic carbocycles. The van der Waals surface area contributed by atoms with Gasteiger partial charge in [0.15, 0.2) is 5.96 Å². The molecule has 0 aromatic rings. The first-order valence-electron chi connectivity index (χ1n) is 8.37. The van der Waals surface area contributed by atoms with E-state index in [-0.39, 0.29) is 17.6 Å².